The predicted molar refractivity (Wildman–Crippen MR) is 76.3 cm³/mol. The Morgan fingerprint density at radius 1 is 1.05 bits per heavy atom. The fourth-order valence-corrected chi connectivity index (χ4v) is 2.43. The van der Waals surface area contributed by atoms with Crippen LogP contribution in [0.4, 0.5) is 0 Å². The normalized spacial score (nSPS) is 17.7. The molecule has 0 N–H and O–H groups in total. The van der Waals surface area contributed by atoms with Crippen LogP contribution in [0.1, 0.15) is 5.56 Å². The molecule has 0 spiro atoms. The highest BCUT2D eigenvalue weighted by molar-refractivity contribution is 5.30. The van der Waals surface area contributed by atoms with E-state index in [-0.39, 0.29) is 0 Å². The number of piperazine rings is 1. The van der Waals surface area contributed by atoms with Crippen molar-refractivity contribution in [1.82, 2.24) is 19.6 Å². The maximum atomic E-state index is 4.45. The summed E-state index contributed by atoms with van der Waals surface area (Å²) in [4.78, 5) is 4.87. The zero-order valence-corrected chi connectivity index (χ0v) is 11.4. The Bertz CT molecular complexity index is 512. The number of likely N-dealkylation sites (N-methyl/N-ethyl adjacent to an activating group) is 1. The quantitative estimate of drug-likeness (QED) is 0.834. The summed E-state index contributed by atoms with van der Waals surface area (Å²) in [5.74, 6) is 0. The minimum absolute atomic E-state index is 1.00. The summed E-state index contributed by atoms with van der Waals surface area (Å²) in [6.45, 7) is 5.61. The second kappa shape index (κ2) is 5.55. The third-order valence-electron chi connectivity index (χ3n) is 3.66. The van der Waals surface area contributed by atoms with Crippen LogP contribution in [0.3, 0.4) is 0 Å². The molecule has 1 aromatic heterocycles. The van der Waals surface area contributed by atoms with E-state index in [2.05, 4.69) is 40.3 Å². The van der Waals surface area contributed by atoms with Gasteiger partial charge in [0.05, 0.1) is 11.9 Å². The molecule has 0 atom stereocenters. The third-order valence-corrected chi connectivity index (χ3v) is 3.66. The van der Waals surface area contributed by atoms with Crippen LogP contribution in [-0.4, -0.2) is 52.8 Å². The summed E-state index contributed by atoms with van der Waals surface area (Å²) < 4.78 is 1.95. The lowest BCUT2D eigenvalue weighted by atomic mass is 10.2. The maximum Gasteiger partial charge on any atom is 0.0645 e. The summed E-state index contributed by atoms with van der Waals surface area (Å²) in [5.41, 5.74) is 2.40. The van der Waals surface area contributed by atoms with Crippen LogP contribution >= 0.6 is 0 Å². The number of hydrogen-bond acceptors (Lipinski definition) is 3. The van der Waals surface area contributed by atoms with Gasteiger partial charge in [0.15, 0.2) is 0 Å². The average Bonchev–Trinajstić information content (AvgIpc) is 2.91. The Morgan fingerprint density at radius 3 is 2.53 bits per heavy atom. The lowest BCUT2D eigenvalue weighted by Gasteiger charge is -2.31. The van der Waals surface area contributed by atoms with Crippen molar-refractivity contribution in [3.63, 3.8) is 0 Å². The first-order valence-corrected chi connectivity index (χ1v) is 6.81. The largest absolute Gasteiger partial charge is 0.304 e. The molecule has 0 saturated carbocycles. The number of aromatic nitrogens is 2. The van der Waals surface area contributed by atoms with E-state index in [4.69, 9.17) is 0 Å². The molecule has 4 heteroatoms. The van der Waals surface area contributed by atoms with Crippen molar-refractivity contribution in [2.45, 2.75) is 6.54 Å². The minimum Gasteiger partial charge on any atom is -0.304 e. The number of benzene rings is 1. The maximum absolute atomic E-state index is 4.45. The molecule has 1 aliphatic rings. The zero-order valence-electron chi connectivity index (χ0n) is 11.4. The topological polar surface area (TPSA) is 24.3 Å². The summed E-state index contributed by atoms with van der Waals surface area (Å²) in [5, 5.41) is 4.45. The average molecular weight is 256 g/mol. The first-order valence-electron chi connectivity index (χ1n) is 6.81. The molecule has 4 nitrogen and oxygen atoms in total. The van der Waals surface area contributed by atoms with Crippen molar-refractivity contribution in [1.29, 1.82) is 0 Å². The van der Waals surface area contributed by atoms with Gasteiger partial charge in [-0.15, -0.1) is 0 Å². The zero-order chi connectivity index (χ0) is 13.1. The van der Waals surface area contributed by atoms with Crippen molar-refractivity contribution in [3.05, 3.63) is 48.3 Å². The van der Waals surface area contributed by atoms with Gasteiger partial charge in [0.2, 0.25) is 0 Å². The molecule has 2 heterocycles. The van der Waals surface area contributed by atoms with E-state index in [1.807, 2.05) is 29.1 Å². The summed E-state index contributed by atoms with van der Waals surface area (Å²) in [7, 11) is 2.19. The fourth-order valence-electron chi connectivity index (χ4n) is 2.43. The molecule has 3 rings (SSSR count). The lowest BCUT2D eigenvalue weighted by molar-refractivity contribution is 0.148. The number of nitrogens with zero attached hydrogens (tertiary/aromatic N) is 4. The molecule has 0 amide bonds. The second-order valence-electron chi connectivity index (χ2n) is 5.21. The van der Waals surface area contributed by atoms with Crippen LogP contribution < -0.4 is 0 Å². The van der Waals surface area contributed by atoms with Crippen molar-refractivity contribution in [3.8, 4) is 5.69 Å². The number of rotatable bonds is 3. The van der Waals surface area contributed by atoms with Crippen LogP contribution in [-0.2, 0) is 6.54 Å². The molecule has 2 aromatic rings. The van der Waals surface area contributed by atoms with Crippen LogP contribution in [0.2, 0.25) is 0 Å². The first kappa shape index (κ1) is 12.4. The highest BCUT2D eigenvalue weighted by Gasteiger charge is 2.14. The van der Waals surface area contributed by atoms with E-state index in [0.717, 1.165) is 38.4 Å². The van der Waals surface area contributed by atoms with Crippen molar-refractivity contribution < 1.29 is 0 Å². The van der Waals surface area contributed by atoms with Gasteiger partial charge >= 0.3 is 0 Å². The Labute approximate surface area is 114 Å². The van der Waals surface area contributed by atoms with E-state index in [1.54, 1.807) is 0 Å². The van der Waals surface area contributed by atoms with Gasteiger partial charge in [0.1, 0.15) is 0 Å². The Hall–Kier alpha value is -1.65. The molecule has 19 heavy (non-hydrogen) atoms. The van der Waals surface area contributed by atoms with Crippen LogP contribution in [0, 0.1) is 0 Å². The third kappa shape index (κ3) is 3.03. The van der Waals surface area contributed by atoms with Gasteiger partial charge < -0.3 is 4.90 Å². The Kier molecular flexibility index (Phi) is 3.62. The highest BCUT2D eigenvalue weighted by Crippen LogP contribution is 2.10. The standard InChI is InChI=1S/C15H20N4/c1-17-7-9-18(10-8-17)12-14-11-16-19(13-14)15-5-3-2-4-6-15/h2-6,11,13H,7-10,12H2,1H3. The molecule has 1 saturated heterocycles. The molecule has 0 aliphatic carbocycles. The number of hydrogen-bond donors (Lipinski definition) is 0. The molecular weight excluding hydrogens is 236 g/mol. The molecule has 1 aliphatic heterocycles. The first-order chi connectivity index (χ1) is 9.31. The molecule has 100 valence electrons. The van der Waals surface area contributed by atoms with Crippen LogP contribution in [0.15, 0.2) is 42.7 Å². The van der Waals surface area contributed by atoms with Crippen molar-refractivity contribution in [2.75, 3.05) is 33.2 Å². The molecule has 0 radical (unpaired) electrons. The lowest BCUT2D eigenvalue weighted by Crippen LogP contribution is -2.43. The van der Waals surface area contributed by atoms with Crippen LogP contribution in [0.5, 0.6) is 0 Å². The van der Waals surface area contributed by atoms with E-state index in [0.29, 0.717) is 0 Å². The van der Waals surface area contributed by atoms with Crippen molar-refractivity contribution in [2.24, 2.45) is 0 Å². The molecular formula is C15H20N4. The SMILES string of the molecule is CN1CCN(Cc2cnn(-c3ccccc3)c2)CC1. The number of para-hydroxylation sites is 1. The van der Waals surface area contributed by atoms with E-state index >= 15 is 0 Å². The van der Waals surface area contributed by atoms with Gasteiger partial charge in [-0.3, -0.25) is 4.90 Å². The van der Waals surface area contributed by atoms with Gasteiger partial charge in [0.25, 0.3) is 0 Å². The van der Waals surface area contributed by atoms with Gasteiger partial charge in [-0.25, -0.2) is 4.68 Å². The predicted octanol–water partition coefficient (Wildman–Crippen LogP) is 1.62. The monoisotopic (exact) mass is 256 g/mol. The highest BCUT2D eigenvalue weighted by atomic mass is 15.3. The Balaban J connectivity index is 1.65. The van der Waals surface area contributed by atoms with Gasteiger partial charge in [-0.1, -0.05) is 18.2 Å². The molecule has 1 aromatic carbocycles. The fraction of sp³-hybridized carbons (Fsp3) is 0.400. The van der Waals surface area contributed by atoms with E-state index < -0.39 is 0 Å². The second-order valence-corrected chi connectivity index (χ2v) is 5.21. The van der Waals surface area contributed by atoms with Crippen LogP contribution in [0.25, 0.3) is 5.69 Å². The van der Waals surface area contributed by atoms with Gasteiger partial charge in [-0.05, 0) is 19.2 Å². The molecule has 0 bridgehead atoms. The van der Waals surface area contributed by atoms with Gasteiger partial charge in [0, 0.05) is 44.5 Å². The summed E-state index contributed by atoms with van der Waals surface area (Å²) in [6.07, 6.45) is 4.11. The van der Waals surface area contributed by atoms with E-state index in [9.17, 15) is 0 Å². The Morgan fingerprint density at radius 2 is 1.79 bits per heavy atom. The minimum atomic E-state index is 1.00. The van der Waals surface area contributed by atoms with E-state index in [1.165, 1.54) is 5.56 Å². The summed E-state index contributed by atoms with van der Waals surface area (Å²) >= 11 is 0. The van der Waals surface area contributed by atoms with Gasteiger partial charge in [-0.2, -0.15) is 5.10 Å². The smallest absolute Gasteiger partial charge is 0.0645 e. The molecule has 0 unspecified atom stereocenters. The van der Waals surface area contributed by atoms with Crippen molar-refractivity contribution >= 4 is 0 Å². The summed E-state index contributed by atoms with van der Waals surface area (Å²) in [6, 6.07) is 10.3. The molecule has 1 fully saturated rings.